The molecule has 0 radical (unpaired) electrons. The Labute approximate surface area is 192 Å². The standard InChI is InChI=1S/C25H28N4O2S/c1-17-5-7-19(8-6-17)31-23-20-16-29(24(30)22-4-3-15-32-22)14-11-21(20)26-25(27-23)28-12-9-18(2)10-13-28/h3-8,15,18H,9-14,16H2,1-2H3. The Balaban J connectivity index is 1.48. The van der Waals surface area contributed by atoms with E-state index in [0.29, 0.717) is 25.4 Å². The number of hydrogen-bond acceptors (Lipinski definition) is 6. The van der Waals surface area contributed by atoms with Crippen LogP contribution < -0.4 is 9.64 Å². The Hall–Kier alpha value is -2.93. The van der Waals surface area contributed by atoms with Crippen molar-refractivity contribution in [2.24, 2.45) is 5.92 Å². The van der Waals surface area contributed by atoms with Crippen LogP contribution in [-0.2, 0) is 13.0 Å². The van der Waals surface area contributed by atoms with Crippen molar-refractivity contribution in [3.63, 3.8) is 0 Å². The fraction of sp³-hybridized carbons (Fsp3) is 0.400. The number of amides is 1. The van der Waals surface area contributed by atoms with Gasteiger partial charge in [-0.15, -0.1) is 11.3 Å². The number of fused-ring (bicyclic) bond motifs is 1. The number of rotatable bonds is 4. The normalized spacial score (nSPS) is 16.7. The fourth-order valence-electron chi connectivity index (χ4n) is 4.25. The zero-order chi connectivity index (χ0) is 22.1. The van der Waals surface area contributed by atoms with E-state index in [4.69, 9.17) is 14.7 Å². The fourth-order valence-corrected chi connectivity index (χ4v) is 4.94. The maximum absolute atomic E-state index is 13.0. The molecular formula is C25H28N4O2S. The molecule has 4 heterocycles. The highest BCUT2D eigenvalue weighted by atomic mass is 32.1. The molecule has 1 fully saturated rings. The molecule has 1 saturated heterocycles. The second-order valence-corrected chi connectivity index (χ2v) is 9.74. The number of anilines is 1. The van der Waals surface area contributed by atoms with Crippen molar-refractivity contribution in [3.8, 4) is 11.6 Å². The number of carbonyl (C=O) groups is 1. The number of aryl methyl sites for hydroxylation is 1. The van der Waals surface area contributed by atoms with Gasteiger partial charge in [-0.2, -0.15) is 4.98 Å². The van der Waals surface area contributed by atoms with Gasteiger partial charge in [0.15, 0.2) is 0 Å². The van der Waals surface area contributed by atoms with Gasteiger partial charge in [0.1, 0.15) is 5.75 Å². The Morgan fingerprint density at radius 3 is 2.59 bits per heavy atom. The smallest absolute Gasteiger partial charge is 0.264 e. The average Bonchev–Trinajstić information content (AvgIpc) is 3.35. The molecule has 0 spiro atoms. The molecule has 166 valence electrons. The lowest BCUT2D eigenvalue weighted by atomic mass is 9.99. The molecule has 2 aromatic heterocycles. The summed E-state index contributed by atoms with van der Waals surface area (Å²) in [5, 5.41) is 1.94. The van der Waals surface area contributed by atoms with E-state index in [2.05, 4.69) is 18.7 Å². The van der Waals surface area contributed by atoms with Crippen LogP contribution in [0.15, 0.2) is 41.8 Å². The molecule has 0 bridgehead atoms. The number of nitrogens with zero attached hydrogens (tertiary/aromatic N) is 4. The molecule has 0 aliphatic carbocycles. The van der Waals surface area contributed by atoms with Crippen LogP contribution >= 0.6 is 11.3 Å². The van der Waals surface area contributed by atoms with E-state index in [1.165, 1.54) is 16.9 Å². The van der Waals surface area contributed by atoms with E-state index in [1.54, 1.807) is 0 Å². The molecule has 2 aliphatic rings. The summed E-state index contributed by atoms with van der Waals surface area (Å²) in [5.74, 6) is 2.85. The quantitative estimate of drug-likeness (QED) is 0.557. The zero-order valence-corrected chi connectivity index (χ0v) is 19.4. The number of ether oxygens (including phenoxy) is 1. The molecule has 1 aromatic carbocycles. The largest absolute Gasteiger partial charge is 0.438 e. The maximum Gasteiger partial charge on any atom is 0.264 e. The highest BCUT2D eigenvalue weighted by Crippen LogP contribution is 2.33. The Morgan fingerprint density at radius 1 is 1.09 bits per heavy atom. The highest BCUT2D eigenvalue weighted by molar-refractivity contribution is 7.12. The van der Waals surface area contributed by atoms with Crippen molar-refractivity contribution in [1.82, 2.24) is 14.9 Å². The van der Waals surface area contributed by atoms with Gasteiger partial charge in [-0.1, -0.05) is 30.7 Å². The van der Waals surface area contributed by atoms with Gasteiger partial charge in [0, 0.05) is 26.1 Å². The molecule has 0 saturated carbocycles. The molecule has 0 unspecified atom stereocenters. The minimum absolute atomic E-state index is 0.0565. The number of benzene rings is 1. The molecular weight excluding hydrogens is 420 g/mol. The summed E-state index contributed by atoms with van der Waals surface area (Å²) in [6, 6.07) is 11.8. The highest BCUT2D eigenvalue weighted by Gasteiger charge is 2.29. The van der Waals surface area contributed by atoms with Crippen molar-refractivity contribution in [2.75, 3.05) is 24.5 Å². The molecule has 1 amide bonds. The van der Waals surface area contributed by atoms with E-state index in [9.17, 15) is 4.79 Å². The van der Waals surface area contributed by atoms with E-state index in [0.717, 1.165) is 59.7 Å². The predicted octanol–water partition coefficient (Wildman–Crippen LogP) is 5.07. The predicted molar refractivity (Wildman–Crippen MR) is 127 cm³/mol. The number of piperidine rings is 1. The Morgan fingerprint density at radius 2 is 1.88 bits per heavy atom. The van der Waals surface area contributed by atoms with Crippen molar-refractivity contribution in [3.05, 3.63) is 63.5 Å². The van der Waals surface area contributed by atoms with E-state index < -0.39 is 0 Å². The number of thiophene rings is 1. The molecule has 3 aromatic rings. The lowest BCUT2D eigenvalue weighted by Crippen LogP contribution is -2.38. The van der Waals surface area contributed by atoms with Gasteiger partial charge in [0.2, 0.25) is 11.8 Å². The first-order valence-corrected chi connectivity index (χ1v) is 12.2. The van der Waals surface area contributed by atoms with E-state index in [1.807, 2.05) is 46.7 Å². The van der Waals surface area contributed by atoms with Crippen molar-refractivity contribution < 1.29 is 9.53 Å². The monoisotopic (exact) mass is 448 g/mol. The summed E-state index contributed by atoms with van der Waals surface area (Å²) < 4.78 is 6.29. The van der Waals surface area contributed by atoms with Gasteiger partial charge in [-0.25, -0.2) is 4.98 Å². The average molecular weight is 449 g/mol. The summed E-state index contributed by atoms with van der Waals surface area (Å²) >= 11 is 1.48. The summed E-state index contributed by atoms with van der Waals surface area (Å²) in [6.07, 6.45) is 3.01. The van der Waals surface area contributed by atoms with Crippen molar-refractivity contribution >= 4 is 23.2 Å². The molecule has 0 atom stereocenters. The van der Waals surface area contributed by atoms with Crippen LogP contribution in [0.5, 0.6) is 11.6 Å². The summed E-state index contributed by atoms with van der Waals surface area (Å²) in [5.41, 5.74) is 3.08. The van der Waals surface area contributed by atoms with Crippen LogP contribution in [0.3, 0.4) is 0 Å². The van der Waals surface area contributed by atoms with Gasteiger partial charge >= 0.3 is 0 Å². The minimum Gasteiger partial charge on any atom is -0.438 e. The van der Waals surface area contributed by atoms with Gasteiger partial charge in [-0.3, -0.25) is 4.79 Å². The lowest BCUT2D eigenvalue weighted by Gasteiger charge is -2.33. The summed E-state index contributed by atoms with van der Waals surface area (Å²) in [7, 11) is 0. The third kappa shape index (κ3) is 4.35. The third-order valence-corrected chi connectivity index (χ3v) is 7.19. The third-order valence-electron chi connectivity index (χ3n) is 6.33. The van der Waals surface area contributed by atoms with E-state index in [-0.39, 0.29) is 5.91 Å². The van der Waals surface area contributed by atoms with E-state index >= 15 is 0 Å². The maximum atomic E-state index is 13.0. The first kappa shape index (κ1) is 20.9. The number of aromatic nitrogens is 2. The Bertz CT molecular complexity index is 1090. The molecule has 32 heavy (non-hydrogen) atoms. The summed E-state index contributed by atoms with van der Waals surface area (Å²) in [4.78, 5) is 27.7. The van der Waals surface area contributed by atoms with Crippen LogP contribution in [0.2, 0.25) is 0 Å². The minimum atomic E-state index is 0.0565. The van der Waals surface area contributed by atoms with Crippen molar-refractivity contribution in [1.29, 1.82) is 0 Å². The number of carbonyl (C=O) groups excluding carboxylic acids is 1. The van der Waals surface area contributed by atoms with Crippen LogP contribution in [-0.4, -0.2) is 40.4 Å². The van der Waals surface area contributed by atoms with Crippen LogP contribution in [0, 0.1) is 12.8 Å². The second kappa shape index (κ2) is 8.90. The topological polar surface area (TPSA) is 58.6 Å². The molecule has 2 aliphatic heterocycles. The van der Waals surface area contributed by atoms with Gasteiger partial charge in [0.25, 0.3) is 5.91 Å². The first-order valence-electron chi connectivity index (χ1n) is 11.3. The van der Waals surface area contributed by atoms with Gasteiger partial charge in [0.05, 0.1) is 22.7 Å². The SMILES string of the molecule is Cc1ccc(Oc2nc(N3CCC(C)CC3)nc3c2CN(C(=O)c2cccs2)CC3)cc1. The first-order chi connectivity index (χ1) is 15.6. The molecule has 5 rings (SSSR count). The summed E-state index contributed by atoms with van der Waals surface area (Å²) in [6.45, 7) is 7.40. The Kier molecular flexibility index (Phi) is 5.83. The van der Waals surface area contributed by atoms with Crippen LogP contribution in [0.25, 0.3) is 0 Å². The van der Waals surface area contributed by atoms with Gasteiger partial charge in [-0.05, 0) is 49.3 Å². The van der Waals surface area contributed by atoms with Crippen LogP contribution in [0.1, 0.15) is 46.3 Å². The number of hydrogen-bond donors (Lipinski definition) is 0. The van der Waals surface area contributed by atoms with Crippen molar-refractivity contribution in [2.45, 2.75) is 39.7 Å². The van der Waals surface area contributed by atoms with Gasteiger partial charge < -0.3 is 14.5 Å². The second-order valence-electron chi connectivity index (χ2n) is 8.79. The zero-order valence-electron chi connectivity index (χ0n) is 18.6. The molecule has 0 N–H and O–H groups in total. The molecule has 7 heteroatoms. The molecule has 6 nitrogen and oxygen atoms in total. The van der Waals surface area contributed by atoms with Crippen LogP contribution in [0.4, 0.5) is 5.95 Å². The lowest BCUT2D eigenvalue weighted by molar-refractivity contribution is 0.0737.